The van der Waals surface area contributed by atoms with Crippen molar-refractivity contribution in [3.8, 4) is 0 Å². The molecule has 2 aliphatic carbocycles. The minimum absolute atomic E-state index is 0.892. The summed E-state index contributed by atoms with van der Waals surface area (Å²) in [6, 6.07) is 0. The lowest BCUT2D eigenvalue weighted by Gasteiger charge is -2.45. The maximum atomic E-state index is 2.48. The van der Waals surface area contributed by atoms with Crippen molar-refractivity contribution in [2.75, 3.05) is 0 Å². The Morgan fingerprint density at radius 3 is 2.42 bits per heavy atom. The first kappa shape index (κ1) is 15.4. The van der Waals surface area contributed by atoms with Crippen molar-refractivity contribution in [2.45, 2.75) is 85.5 Å². The second-order valence-corrected chi connectivity index (χ2v) is 7.72. The van der Waals surface area contributed by atoms with E-state index in [-0.39, 0.29) is 0 Å². The molecule has 0 saturated heterocycles. The van der Waals surface area contributed by atoms with Crippen molar-refractivity contribution in [1.82, 2.24) is 0 Å². The van der Waals surface area contributed by atoms with Crippen molar-refractivity contribution < 1.29 is 0 Å². The van der Waals surface area contributed by atoms with E-state index in [2.05, 4.69) is 27.7 Å². The third kappa shape index (κ3) is 3.37. The summed E-state index contributed by atoms with van der Waals surface area (Å²) < 4.78 is 0. The molecule has 2 saturated carbocycles. The van der Waals surface area contributed by atoms with Crippen LogP contribution in [-0.2, 0) is 0 Å². The molecule has 112 valence electrons. The minimum atomic E-state index is 0.892. The Labute approximate surface area is 121 Å². The van der Waals surface area contributed by atoms with Crippen LogP contribution in [0.1, 0.15) is 85.5 Å². The van der Waals surface area contributed by atoms with Crippen LogP contribution in [0.2, 0.25) is 0 Å². The largest absolute Gasteiger partial charge is 0.0654 e. The lowest BCUT2D eigenvalue weighted by molar-refractivity contribution is 0.0439. The van der Waals surface area contributed by atoms with Crippen LogP contribution in [0.3, 0.4) is 0 Å². The van der Waals surface area contributed by atoms with Gasteiger partial charge in [-0.15, -0.1) is 0 Å². The normalized spacial score (nSPS) is 36.5. The fourth-order valence-electron chi connectivity index (χ4n) is 5.54. The molecular formula is C19H36. The molecule has 0 aliphatic heterocycles. The van der Waals surface area contributed by atoms with Gasteiger partial charge in [0, 0.05) is 0 Å². The van der Waals surface area contributed by atoms with Crippen LogP contribution in [0.5, 0.6) is 0 Å². The van der Waals surface area contributed by atoms with E-state index in [1.807, 2.05) is 0 Å². The lowest BCUT2D eigenvalue weighted by Crippen LogP contribution is -2.37. The van der Waals surface area contributed by atoms with Gasteiger partial charge in [-0.2, -0.15) is 0 Å². The van der Waals surface area contributed by atoms with E-state index >= 15 is 0 Å². The van der Waals surface area contributed by atoms with Gasteiger partial charge in [0.1, 0.15) is 0 Å². The molecule has 0 aromatic rings. The molecule has 2 rings (SSSR count). The second-order valence-electron chi connectivity index (χ2n) is 7.72. The zero-order valence-corrected chi connectivity index (χ0v) is 13.8. The Bertz CT molecular complexity index is 255. The summed E-state index contributed by atoms with van der Waals surface area (Å²) in [5.41, 5.74) is 0. The number of hydrogen-bond acceptors (Lipinski definition) is 0. The molecule has 0 heterocycles. The summed E-state index contributed by atoms with van der Waals surface area (Å²) in [6.45, 7) is 9.78. The van der Waals surface area contributed by atoms with Crippen LogP contribution >= 0.6 is 0 Å². The molecule has 0 amide bonds. The van der Waals surface area contributed by atoms with Crippen molar-refractivity contribution in [3.05, 3.63) is 0 Å². The van der Waals surface area contributed by atoms with Crippen LogP contribution in [0.15, 0.2) is 0 Å². The molecule has 0 heteroatoms. The molecule has 5 atom stereocenters. The van der Waals surface area contributed by atoms with E-state index in [1.165, 1.54) is 32.1 Å². The number of unbranched alkanes of at least 4 members (excludes halogenated alkanes) is 1. The van der Waals surface area contributed by atoms with Crippen molar-refractivity contribution in [1.29, 1.82) is 0 Å². The molecule has 0 radical (unpaired) electrons. The van der Waals surface area contributed by atoms with E-state index in [0.29, 0.717) is 0 Å². The Balaban J connectivity index is 2.06. The standard InChI is InChI=1S/C19H36/c1-5-7-10-17(14(3)4)19-13-12-15-9-8-11-18(15)16(19)6-2/h14-19H,5-13H2,1-4H3. The Morgan fingerprint density at radius 2 is 1.79 bits per heavy atom. The van der Waals surface area contributed by atoms with Gasteiger partial charge in [-0.05, 0) is 61.2 Å². The van der Waals surface area contributed by atoms with E-state index in [1.54, 1.807) is 25.7 Å². The predicted octanol–water partition coefficient (Wildman–Crippen LogP) is 6.30. The quantitative estimate of drug-likeness (QED) is 0.528. The van der Waals surface area contributed by atoms with Gasteiger partial charge in [0.05, 0.1) is 0 Å². The molecule has 0 aromatic carbocycles. The van der Waals surface area contributed by atoms with Crippen molar-refractivity contribution in [2.24, 2.45) is 35.5 Å². The van der Waals surface area contributed by atoms with E-state index in [4.69, 9.17) is 0 Å². The molecule has 0 aromatic heterocycles. The minimum Gasteiger partial charge on any atom is -0.0654 e. The fraction of sp³-hybridized carbons (Fsp3) is 1.00. The first-order valence-corrected chi connectivity index (χ1v) is 9.19. The summed E-state index contributed by atoms with van der Waals surface area (Å²) in [6.07, 6.45) is 13.5. The highest BCUT2D eigenvalue weighted by Gasteiger charge is 2.43. The van der Waals surface area contributed by atoms with Crippen LogP contribution in [0.4, 0.5) is 0 Å². The number of rotatable bonds is 6. The first-order chi connectivity index (χ1) is 9.19. The van der Waals surface area contributed by atoms with Gasteiger partial charge in [-0.1, -0.05) is 59.8 Å². The molecule has 2 aliphatic rings. The average molecular weight is 264 g/mol. The van der Waals surface area contributed by atoms with E-state index in [9.17, 15) is 0 Å². The summed E-state index contributed by atoms with van der Waals surface area (Å²) >= 11 is 0. The summed E-state index contributed by atoms with van der Waals surface area (Å²) in [7, 11) is 0. The smallest absolute Gasteiger partial charge is 0.0352 e. The van der Waals surface area contributed by atoms with Gasteiger partial charge in [0.2, 0.25) is 0 Å². The van der Waals surface area contributed by atoms with Crippen LogP contribution in [-0.4, -0.2) is 0 Å². The van der Waals surface area contributed by atoms with Crippen molar-refractivity contribution >= 4 is 0 Å². The van der Waals surface area contributed by atoms with Gasteiger partial charge >= 0.3 is 0 Å². The van der Waals surface area contributed by atoms with Crippen molar-refractivity contribution in [3.63, 3.8) is 0 Å². The van der Waals surface area contributed by atoms with Crippen LogP contribution in [0, 0.1) is 35.5 Å². The molecular weight excluding hydrogens is 228 g/mol. The fourth-order valence-corrected chi connectivity index (χ4v) is 5.54. The highest BCUT2D eigenvalue weighted by atomic mass is 14.5. The van der Waals surface area contributed by atoms with Gasteiger partial charge in [0.15, 0.2) is 0 Å². The average Bonchev–Trinajstić information content (AvgIpc) is 2.86. The third-order valence-electron chi connectivity index (χ3n) is 6.46. The molecule has 2 fully saturated rings. The van der Waals surface area contributed by atoms with E-state index < -0.39 is 0 Å². The highest BCUT2D eigenvalue weighted by Crippen LogP contribution is 2.52. The Morgan fingerprint density at radius 1 is 1.00 bits per heavy atom. The SMILES string of the molecule is CCCCC(C(C)C)C1CCC2CCCC2C1CC. The second kappa shape index (κ2) is 7.14. The zero-order chi connectivity index (χ0) is 13.8. The summed E-state index contributed by atoms with van der Waals surface area (Å²) in [5.74, 6) is 6.23. The Hall–Kier alpha value is 0. The molecule has 0 spiro atoms. The summed E-state index contributed by atoms with van der Waals surface area (Å²) in [4.78, 5) is 0. The predicted molar refractivity (Wildman–Crippen MR) is 85.2 cm³/mol. The third-order valence-corrected chi connectivity index (χ3v) is 6.46. The highest BCUT2D eigenvalue weighted by molar-refractivity contribution is 4.93. The van der Waals surface area contributed by atoms with Gasteiger partial charge in [-0.3, -0.25) is 0 Å². The van der Waals surface area contributed by atoms with Crippen LogP contribution in [0.25, 0.3) is 0 Å². The monoisotopic (exact) mass is 264 g/mol. The maximum Gasteiger partial charge on any atom is -0.0352 e. The molecule has 0 N–H and O–H groups in total. The molecule has 0 bridgehead atoms. The topological polar surface area (TPSA) is 0 Å². The summed E-state index contributed by atoms with van der Waals surface area (Å²) in [5, 5.41) is 0. The molecule has 0 nitrogen and oxygen atoms in total. The lowest BCUT2D eigenvalue weighted by atomic mass is 9.60. The number of hydrogen-bond donors (Lipinski definition) is 0. The zero-order valence-electron chi connectivity index (χ0n) is 13.8. The maximum absolute atomic E-state index is 2.48. The van der Waals surface area contributed by atoms with Crippen LogP contribution < -0.4 is 0 Å². The molecule has 5 unspecified atom stereocenters. The van der Waals surface area contributed by atoms with E-state index in [0.717, 1.165) is 35.5 Å². The van der Waals surface area contributed by atoms with Gasteiger partial charge in [-0.25, -0.2) is 0 Å². The van der Waals surface area contributed by atoms with Gasteiger partial charge in [0.25, 0.3) is 0 Å². The Kier molecular flexibility index (Phi) is 5.78. The first-order valence-electron chi connectivity index (χ1n) is 9.19. The number of fused-ring (bicyclic) bond motifs is 1. The molecule has 19 heavy (non-hydrogen) atoms. The van der Waals surface area contributed by atoms with Gasteiger partial charge < -0.3 is 0 Å².